The van der Waals surface area contributed by atoms with Gasteiger partial charge in [-0.15, -0.1) is 0 Å². The van der Waals surface area contributed by atoms with E-state index in [4.69, 9.17) is 0 Å². The van der Waals surface area contributed by atoms with E-state index < -0.39 is 6.10 Å². The molecule has 156 valence electrons. The summed E-state index contributed by atoms with van der Waals surface area (Å²) in [6, 6.07) is 20.9. The second kappa shape index (κ2) is 10.0. The third kappa shape index (κ3) is 5.89. The summed E-state index contributed by atoms with van der Waals surface area (Å²) in [4.78, 5) is 25.4. The Morgan fingerprint density at radius 3 is 2.20 bits per heavy atom. The van der Waals surface area contributed by atoms with E-state index in [9.17, 15) is 14.7 Å². The number of hydrogen-bond donors (Lipinski definition) is 3. The van der Waals surface area contributed by atoms with Crippen LogP contribution in [0.5, 0.6) is 0 Å². The summed E-state index contributed by atoms with van der Waals surface area (Å²) in [5, 5.41) is 18.4. The molecule has 2 amide bonds. The highest BCUT2D eigenvalue weighted by atomic mass is 16.3. The maximum absolute atomic E-state index is 12.4. The van der Waals surface area contributed by atoms with Crippen LogP contribution in [0.1, 0.15) is 25.5 Å². The van der Waals surface area contributed by atoms with Crippen molar-refractivity contribution in [2.45, 2.75) is 20.0 Å². The van der Waals surface area contributed by atoms with Gasteiger partial charge in [0.25, 0.3) is 0 Å². The zero-order chi connectivity index (χ0) is 21.5. The Balaban J connectivity index is 1.57. The van der Waals surface area contributed by atoms with E-state index in [0.717, 1.165) is 16.3 Å². The van der Waals surface area contributed by atoms with Gasteiger partial charge in [-0.1, -0.05) is 43.3 Å². The number of carbonyl (C=O) groups is 2. The number of nitrogens with zero attached hydrogens (tertiary/aromatic N) is 1. The third-order valence-corrected chi connectivity index (χ3v) is 4.89. The number of likely N-dealkylation sites (N-methyl/N-ethyl adjacent to an activating group) is 1. The van der Waals surface area contributed by atoms with Gasteiger partial charge in [0.05, 0.1) is 12.6 Å². The van der Waals surface area contributed by atoms with Crippen molar-refractivity contribution >= 4 is 34.0 Å². The number of carbonyl (C=O) groups excluding carboxylic acids is 2. The number of fused-ring (bicyclic) bond motifs is 1. The van der Waals surface area contributed by atoms with Crippen LogP contribution in [0.4, 0.5) is 11.4 Å². The topological polar surface area (TPSA) is 81.7 Å². The predicted molar refractivity (Wildman–Crippen MR) is 120 cm³/mol. The van der Waals surface area contributed by atoms with Crippen molar-refractivity contribution in [2.24, 2.45) is 0 Å². The van der Waals surface area contributed by atoms with Gasteiger partial charge in [-0.25, -0.2) is 0 Å². The molecule has 6 heteroatoms. The van der Waals surface area contributed by atoms with E-state index in [-0.39, 0.29) is 18.4 Å². The van der Waals surface area contributed by atoms with Gasteiger partial charge in [-0.3, -0.25) is 14.5 Å². The van der Waals surface area contributed by atoms with E-state index in [1.807, 2.05) is 54.3 Å². The Morgan fingerprint density at radius 2 is 1.57 bits per heavy atom. The van der Waals surface area contributed by atoms with Crippen molar-refractivity contribution in [1.29, 1.82) is 0 Å². The standard InChI is InChI=1S/C24H27N3O3/c1-3-27(15-23(29)20-9-8-18-6-4-5-7-19(18)14-20)16-24(30)26-22-12-10-21(11-13-22)25-17(2)28/h4-14,23,29H,3,15-16H2,1-2H3,(H,25,28)(H,26,30). The molecule has 30 heavy (non-hydrogen) atoms. The van der Waals surface area contributed by atoms with Crippen molar-refractivity contribution in [2.75, 3.05) is 30.3 Å². The van der Waals surface area contributed by atoms with Crippen LogP contribution >= 0.6 is 0 Å². The molecule has 0 fully saturated rings. The summed E-state index contributed by atoms with van der Waals surface area (Å²) in [6.07, 6.45) is -0.681. The largest absolute Gasteiger partial charge is 0.387 e. The number of hydrogen-bond acceptors (Lipinski definition) is 4. The van der Waals surface area contributed by atoms with Gasteiger partial charge in [0.1, 0.15) is 0 Å². The number of nitrogens with one attached hydrogen (secondary N) is 2. The second-order valence-electron chi connectivity index (χ2n) is 7.26. The highest BCUT2D eigenvalue weighted by Crippen LogP contribution is 2.21. The van der Waals surface area contributed by atoms with Crippen LogP contribution in [0, 0.1) is 0 Å². The second-order valence-corrected chi connectivity index (χ2v) is 7.26. The molecular weight excluding hydrogens is 378 g/mol. The first kappa shape index (κ1) is 21.5. The molecule has 1 atom stereocenters. The lowest BCUT2D eigenvalue weighted by molar-refractivity contribution is -0.117. The van der Waals surface area contributed by atoms with Gasteiger partial charge < -0.3 is 15.7 Å². The average molecular weight is 405 g/mol. The third-order valence-electron chi connectivity index (χ3n) is 4.89. The molecular formula is C24H27N3O3. The molecule has 0 aliphatic heterocycles. The quantitative estimate of drug-likeness (QED) is 0.533. The molecule has 0 saturated heterocycles. The van der Waals surface area contributed by atoms with E-state index >= 15 is 0 Å². The van der Waals surface area contributed by atoms with Crippen LogP contribution in [-0.2, 0) is 9.59 Å². The molecule has 0 saturated carbocycles. The van der Waals surface area contributed by atoms with Crippen LogP contribution in [0.3, 0.4) is 0 Å². The monoisotopic (exact) mass is 405 g/mol. The molecule has 3 aromatic carbocycles. The lowest BCUT2D eigenvalue weighted by atomic mass is 10.0. The summed E-state index contributed by atoms with van der Waals surface area (Å²) in [7, 11) is 0. The Bertz CT molecular complexity index is 1020. The highest BCUT2D eigenvalue weighted by molar-refractivity contribution is 5.93. The molecule has 3 N–H and O–H groups in total. The van der Waals surface area contributed by atoms with E-state index in [1.54, 1.807) is 24.3 Å². The fourth-order valence-corrected chi connectivity index (χ4v) is 3.31. The number of rotatable bonds is 8. The number of benzene rings is 3. The average Bonchev–Trinajstić information content (AvgIpc) is 2.73. The van der Waals surface area contributed by atoms with Gasteiger partial charge in [-0.2, -0.15) is 0 Å². The summed E-state index contributed by atoms with van der Waals surface area (Å²) in [5.41, 5.74) is 2.16. The molecule has 3 rings (SSSR count). The normalized spacial score (nSPS) is 12.0. The first-order chi connectivity index (χ1) is 14.4. The van der Waals surface area contributed by atoms with E-state index in [1.165, 1.54) is 6.92 Å². The predicted octanol–water partition coefficient (Wildman–Crippen LogP) is 3.79. The SMILES string of the molecule is CCN(CC(=O)Nc1ccc(NC(C)=O)cc1)CC(O)c1ccc2ccccc2c1. The Morgan fingerprint density at radius 1 is 0.933 bits per heavy atom. The van der Waals surface area contributed by atoms with Crippen molar-refractivity contribution < 1.29 is 14.7 Å². The van der Waals surface area contributed by atoms with Crippen LogP contribution in [0.2, 0.25) is 0 Å². The maximum atomic E-state index is 12.4. The summed E-state index contributed by atoms with van der Waals surface area (Å²) in [6.45, 7) is 4.59. The molecule has 0 heterocycles. The molecule has 0 aromatic heterocycles. The van der Waals surface area contributed by atoms with Crippen molar-refractivity contribution in [1.82, 2.24) is 4.90 Å². The van der Waals surface area contributed by atoms with Gasteiger partial charge in [0.2, 0.25) is 11.8 Å². The minimum Gasteiger partial charge on any atom is -0.387 e. The van der Waals surface area contributed by atoms with Crippen LogP contribution in [-0.4, -0.2) is 41.5 Å². The zero-order valence-electron chi connectivity index (χ0n) is 17.3. The summed E-state index contributed by atoms with van der Waals surface area (Å²) in [5.74, 6) is -0.301. The fourth-order valence-electron chi connectivity index (χ4n) is 3.31. The molecule has 6 nitrogen and oxygen atoms in total. The number of amides is 2. The molecule has 0 spiro atoms. The van der Waals surface area contributed by atoms with Crippen molar-refractivity contribution in [3.63, 3.8) is 0 Å². The Labute approximate surface area is 176 Å². The van der Waals surface area contributed by atoms with Gasteiger partial charge in [-0.05, 0) is 53.2 Å². The maximum Gasteiger partial charge on any atom is 0.238 e. The van der Waals surface area contributed by atoms with Gasteiger partial charge in [0, 0.05) is 24.8 Å². The van der Waals surface area contributed by atoms with Crippen LogP contribution < -0.4 is 10.6 Å². The molecule has 0 aliphatic carbocycles. The lowest BCUT2D eigenvalue weighted by Gasteiger charge is -2.23. The van der Waals surface area contributed by atoms with Crippen molar-refractivity contribution in [3.05, 3.63) is 72.3 Å². The fraction of sp³-hybridized carbons (Fsp3) is 0.250. The Kier molecular flexibility index (Phi) is 7.17. The minimum absolute atomic E-state index is 0.143. The van der Waals surface area contributed by atoms with Crippen LogP contribution in [0.25, 0.3) is 10.8 Å². The summed E-state index contributed by atoms with van der Waals surface area (Å²) < 4.78 is 0. The smallest absolute Gasteiger partial charge is 0.238 e. The molecule has 0 aliphatic rings. The van der Waals surface area contributed by atoms with E-state index in [2.05, 4.69) is 10.6 Å². The summed E-state index contributed by atoms with van der Waals surface area (Å²) >= 11 is 0. The minimum atomic E-state index is -0.681. The van der Waals surface area contributed by atoms with Gasteiger partial charge in [0.15, 0.2) is 0 Å². The van der Waals surface area contributed by atoms with Gasteiger partial charge >= 0.3 is 0 Å². The van der Waals surface area contributed by atoms with Crippen molar-refractivity contribution in [3.8, 4) is 0 Å². The highest BCUT2D eigenvalue weighted by Gasteiger charge is 2.16. The Hall–Kier alpha value is -3.22. The molecule has 0 radical (unpaired) electrons. The van der Waals surface area contributed by atoms with E-state index in [0.29, 0.717) is 24.5 Å². The first-order valence-corrected chi connectivity index (χ1v) is 10.0. The zero-order valence-corrected chi connectivity index (χ0v) is 17.3. The number of anilines is 2. The molecule has 3 aromatic rings. The number of aliphatic hydroxyl groups is 1. The molecule has 0 bridgehead atoms. The number of aliphatic hydroxyl groups excluding tert-OH is 1. The first-order valence-electron chi connectivity index (χ1n) is 10.0. The lowest BCUT2D eigenvalue weighted by Crippen LogP contribution is -2.36. The van der Waals surface area contributed by atoms with Crippen LogP contribution in [0.15, 0.2) is 66.7 Å². The molecule has 1 unspecified atom stereocenters.